The molecule has 1 unspecified atom stereocenters. The fourth-order valence-electron chi connectivity index (χ4n) is 2.34. The monoisotopic (exact) mass is 204 g/mol. The molecule has 0 amide bonds. The second-order valence-electron chi connectivity index (χ2n) is 4.45. The first kappa shape index (κ1) is 9.09. The molecule has 4 heteroatoms. The van der Waals surface area contributed by atoms with Crippen LogP contribution in [0, 0.1) is 6.92 Å². The van der Waals surface area contributed by atoms with E-state index in [0.717, 1.165) is 25.5 Å². The molecule has 80 valence electrons. The third kappa shape index (κ3) is 1.32. The highest BCUT2D eigenvalue weighted by atomic mass is 15.3. The minimum Gasteiger partial charge on any atom is -0.353 e. The number of nitrogens with zero attached hydrogens (tertiary/aromatic N) is 3. The van der Waals surface area contributed by atoms with E-state index in [0.29, 0.717) is 6.04 Å². The standard InChI is InChI=1S/C11H16N4/c1-7-3-4-15(7)11-9-5-12-6-10(9)13-8(2)14-11/h7,12H,3-6H2,1-2H3. The topological polar surface area (TPSA) is 41.1 Å². The lowest BCUT2D eigenvalue weighted by Crippen LogP contribution is -2.46. The van der Waals surface area contributed by atoms with Gasteiger partial charge in [-0.1, -0.05) is 0 Å². The normalized spacial score (nSPS) is 23.9. The Morgan fingerprint density at radius 3 is 2.87 bits per heavy atom. The van der Waals surface area contributed by atoms with Crippen LogP contribution in [-0.4, -0.2) is 22.6 Å². The van der Waals surface area contributed by atoms with Gasteiger partial charge in [-0.2, -0.15) is 0 Å². The van der Waals surface area contributed by atoms with Gasteiger partial charge in [0, 0.05) is 31.2 Å². The van der Waals surface area contributed by atoms with E-state index in [-0.39, 0.29) is 0 Å². The maximum atomic E-state index is 4.59. The third-order valence-corrected chi connectivity index (χ3v) is 3.37. The number of hydrogen-bond donors (Lipinski definition) is 1. The zero-order chi connectivity index (χ0) is 10.4. The van der Waals surface area contributed by atoms with Crippen LogP contribution < -0.4 is 10.2 Å². The van der Waals surface area contributed by atoms with E-state index in [2.05, 4.69) is 27.1 Å². The van der Waals surface area contributed by atoms with E-state index in [1.54, 1.807) is 0 Å². The first-order valence-electron chi connectivity index (χ1n) is 5.59. The summed E-state index contributed by atoms with van der Waals surface area (Å²) in [6, 6.07) is 0.643. The Kier molecular flexibility index (Phi) is 1.92. The van der Waals surface area contributed by atoms with Crippen LogP contribution in [0.5, 0.6) is 0 Å². The van der Waals surface area contributed by atoms with Crippen LogP contribution in [0.3, 0.4) is 0 Å². The van der Waals surface area contributed by atoms with Crippen LogP contribution in [0.1, 0.15) is 30.4 Å². The third-order valence-electron chi connectivity index (χ3n) is 3.37. The lowest BCUT2D eigenvalue weighted by atomic mass is 10.0. The van der Waals surface area contributed by atoms with Crippen LogP contribution in [0.2, 0.25) is 0 Å². The van der Waals surface area contributed by atoms with Crippen molar-refractivity contribution in [2.45, 2.75) is 39.4 Å². The molecule has 1 fully saturated rings. The predicted octanol–water partition coefficient (Wildman–Crippen LogP) is 0.987. The van der Waals surface area contributed by atoms with Gasteiger partial charge in [0.1, 0.15) is 11.6 Å². The second-order valence-corrected chi connectivity index (χ2v) is 4.45. The largest absolute Gasteiger partial charge is 0.353 e. The zero-order valence-corrected chi connectivity index (χ0v) is 9.25. The Balaban J connectivity index is 2.06. The van der Waals surface area contributed by atoms with Crippen molar-refractivity contribution in [3.05, 3.63) is 17.1 Å². The first-order chi connectivity index (χ1) is 7.25. The van der Waals surface area contributed by atoms with Crippen LogP contribution in [0.15, 0.2) is 0 Å². The van der Waals surface area contributed by atoms with E-state index in [4.69, 9.17) is 0 Å². The van der Waals surface area contributed by atoms with E-state index in [1.165, 1.54) is 23.5 Å². The molecule has 3 heterocycles. The highest BCUT2D eigenvalue weighted by Crippen LogP contribution is 2.30. The van der Waals surface area contributed by atoms with E-state index in [9.17, 15) is 0 Å². The number of fused-ring (bicyclic) bond motifs is 1. The van der Waals surface area contributed by atoms with Crippen LogP contribution in [-0.2, 0) is 13.1 Å². The number of anilines is 1. The van der Waals surface area contributed by atoms with E-state index >= 15 is 0 Å². The summed E-state index contributed by atoms with van der Waals surface area (Å²) in [5, 5.41) is 3.34. The SMILES string of the molecule is Cc1nc2c(c(N3CCC3C)n1)CNC2. The number of hydrogen-bond acceptors (Lipinski definition) is 4. The van der Waals surface area contributed by atoms with Gasteiger partial charge >= 0.3 is 0 Å². The molecule has 3 rings (SSSR count). The maximum Gasteiger partial charge on any atom is 0.137 e. The Labute approximate surface area is 89.7 Å². The van der Waals surface area contributed by atoms with Crippen molar-refractivity contribution < 1.29 is 0 Å². The van der Waals surface area contributed by atoms with Gasteiger partial charge in [0.05, 0.1) is 5.69 Å². The molecule has 4 nitrogen and oxygen atoms in total. The molecule has 1 aromatic heterocycles. The molecule has 0 bridgehead atoms. The molecule has 0 radical (unpaired) electrons. The van der Waals surface area contributed by atoms with Crippen LogP contribution in [0.4, 0.5) is 5.82 Å². The summed E-state index contributed by atoms with van der Waals surface area (Å²) in [6.07, 6.45) is 1.28. The molecule has 1 atom stereocenters. The van der Waals surface area contributed by atoms with Crippen molar-refractivity contribution in [3.8, 4) is 0 Å². The van der Waals surface area contributed by atoms with Crippen LogP contribution in [0.25, 0.3) is 0 Å². The number of nitrogens with one attached hydrogen (secondary N) is 1. The summed E-state index contributed by atoms with van der Waals surface area (Å²) in [4.78, 5) is 11.5. The molecule has 15 heavy (non-hydrogen) atoms. The van der Waals surface area contributed by atoms with Gasteiger partial charge in [0.15, 0.2) is 0 Å². The van der Waals surface area contributed by atoms with E-state index < -0.39 is 0 Å². The molecule has 0 spiro atoms. The lowest BCUT2D eigenvalue weighted by molar-refractivity contribution is 0.473. The van der Waals surface area contributed by atoms with Crippen molar-refractivity contribution in [2.75, 3.05) is 11.4 Å². The van der Waals surface area contributed by atoms with Gasteiger partial charge in [-0.05, 0) is 20.3 Å². The molecule has 1 aromatic rings. The number of rotatable bonds is 1. The molecule has 2 aliphatic heterocycles. The van der Waals surface area contributed by atoms with Crippen molar-refractivity contribution >= 4 is 5.82 Å². The first-order valence-corrected chi connectivity index (χ1v) is 5.59. The molecule has 2 aliphatic rings. The van der Waals surface area contributed by atoms with Gasteiger partial charge < -0.3 is 10.2 Å². The molecule has 0 aliphatic carbocycles. The lowest BCUT2D eigenvalue weighted by Gasteiger charge is -2.40. The molecular formula is C11H16N4. The second kappa shape index (κ2) is 3.17. The summed E-state index contributed by atoms with van der Waals surface area (Å²) in [6.45, 7) is 7.20. The predicted molar refractivity (Wildman–Crippen MR) is 58.7 cm³/mol. The van der Waals surface area contributed by atoms with Crippen molar-refractivity contribution in [2.24, 2.45) is 0 Å². The van der Waals surface area contributed by atoms with Gasteiger partial charge in [-0.15, -0.1) is 0 Å². The fraction of sp³-hybridized carbons (Fsp3) is 0.636. The molecule has 1 saturated heterocycles. The smallest absolute Gasteiger partial charge is 0.137 e. The Morgan fingerprint density at radius 1 is 1.33 bits per heavy atom. The maximum absolute atomic E-state index is 4.59. The minimum absolute atomic E-state index is 0.643. The zero-order valence-electron chi connectivity index (χ0n) is 9.25. The van der Waals surface area contributed by atoms with Gasteiger partial charge in [0.25, 0.3) is 0 Å². The summed E-state index contributed by atoms with van der Waals surface area (Å²) in [7, 11) is 0. The molecule has 0 aromatic carbocycles. The average Bonchev–Trinajstić information content (AvgIpc) is 2.63. The van der Waals surface area contributed by atoms with Gasteiger partial charge in [0.2, 0.25) is 0 Å². The summed E-state index contributed by atoms with van der Waals surface area (Å²) >= 11 is 0. The fourth-order valence-corrected chi connectivity index (χ4v) is 2.34. The van der Waals surface area contributed by atoms with Gasteiger partial charge in [-0.3, -0.25) is 0 Å². The van der Waals surface area contributed by atoms with Crippen molar-refractivity contribution in [3.63, 3.8) is 0 Å². The van der Waals surface area contributed by atoms with Crippen molar-refractivity contribution in [1.29, 1.82) is 0 Å². The van der Waals surface area contributed by atoms with Crippen molar-refractivity contribution in [1.82, 2.24) is 15.3 Å². The van der Waals surface area contributed by atoms with Crippen LogP contribution >= 0.6 is 0 Å². The minimum atomic E-state index is 0.643. The number of aromatic nitrogens is 2. The highest BCUT2D eigenvalue weighted by Gasteiger charge is 2.29. The average molecular weight is 204 g/mol. The molecule has 1 N–H and O–H groups in total. The summed E-state index contributed by atoms with van der Waals surface area (Å²) in [5.74, 6) is 2.06. The summed E-state index contributed by atoms with van der Waals surface area (Å²) in [5.41, 5.74) is 2.50. The van der Waals surface area contributed by atoms with Gasteiger partial charge in [-0.25, -0.2) is 9.97 Å². The quantitative estimate of drug-likeness (QED) is 0.740. The Hall–Kier alpha value is -1.16. The Morgan fingerprint density at radius 2 is 2.20 bits per heavy atom. The molecular weight excluding hydrogens is 188 g/mol. The Bertz CT molecular complexity index is 402. The van der Waals surface area contributed by atoms with E-state index in [1.807, 2.05) is 6.92 Å². The number of aryl methyl sites for hydroxylation is 1. The molecule has 0 saturated carbocycles. The summed E-state index contributed by atoms with van der Waals surface area (Å²) < 4.78 is 0. The highest BCUT2D eigenvalue weighted by molar-refractivity contribution is 5.53.